The van der Waals surface area contributed by atoms with Crippen LogP contribution in [0, 0.1) is 11.3 Å². The van der Waals surface area contributed by atoms with Crippen LogP contribution in [0.4, 0.5) is 0 Å². The van der Waals surface area contributed by atoms with Crippen LogP contribution in [0.2, 0.25) is 0 Å². The summed E-state index contributed by atoms with van der Waals surface area (Å²) < 4.78 is 0. The minimum Gasteiger partial charge on any atom is -0.399 e. The summed E-state index contributed by atoms with van der Waals surface area (Å²) >= 11 is 0. The summed E-state index contributed by atoms with van der Waals surface area (Å²) in [5, 5.41) is 0. The molecule has 0 radical (unpaired) electrons. The first kappa shape index (κ1) is 18.1. The van der Waals surface area contributed by atoms with Gasteiger partial charge in [0.05, 0.1) is 0 Å². The highest BCUT2D eigenvalue weighted by Crippen LogP contribution is 2.46. The van der Waals surface area contributed by atoms with Gasteiger partial charge in [0.25, 0.3) is 0 Å². The Morgan fingerprint density at radius 1 is 1.12 bits per heavy atom. The maximum Gasteiger partial charge on any atom is 0.0317 e. The van der Waals surface area contributed by atoms with Gasteiger partial charge < -0.3 is 5.73 Å². The predicted octanol–water partition coefficient (Wildman–Crippen LogP) is 6.04. The lowest BCUT2D eigenvalue weighted by Gasteiger charge is -2.39. The first-order valence-electron chi connectivity index (χ1n) is 8.77. The summed E-state index contributed by atoms with van der Waals surface area (Å²) in [4.78, 5) is 0. The van der Waals surface area contributed by atoms with Crippen molar-refractivity contribution in [2.24, 2.45) is 17.1 Å². The molecule has 1 aliphatic carbocycles. The predicted molar refractivity (Wildman–Crippen MR) is 106 cm³/mol. The van der Waals surface area contributed by atoms with E-state index in [4.69, 9.17) is 5.73 Å². The number of allylic oxidation sites excluding steroid dienone is 9. The van der Waals surface area contributed by atoms with Gasteiger partial charge in [0.15, 0.2) is 0 Å². The third kappa shape index (κ3) is 3.79. The van der Waals surface area contributed by atoms with E-state index in [1.165, 1.54) is 16.7 Å². The molecule has 1 aromatic carbocycles. The molecule has 2 rings (SSSR count). The maximum absolute atomic E-state index is 6.25. The van der Waals surface area contributed by atoms with Crippen molar-refractivity contribution in [1.29, 1.82) is 0 Å². The molecule has 0 saturated carbocycles. The zero-order chi connectivity index (χ0) is 17.6. The third-order valence-electron chi connectivity index (χ3n) is 5.28. The van der Waals surface area contributed by atoms with E-state index in [0.717, 1.165) is 12.1 Å². The Morgan fingerprint density at radius 2 is 1.83 bits per heavy atom. The minimum absolute atomic E-state index is 0.0264. The fraction of sp³-hybridized carbons (Fsp3) is 0.304. The largest absolute Gasteiger partial charge is 0.399 e. The van der Waals surface area contributed by atoms with Gasteiger partial charge in [0, 0.05) is 5.70 Å². The summed E-state index contributed by atoms with van der Waals surface area (Å²) in [6.07, 6.45) is 15.8. The van der Waals surface area contributed by atoms with Crippen LogP contribution in [-0.4, -0.2) is 0 Å². The Hall–Kier alpha value is -2.28. The molecule has 0 amide bonds. The van der Waals surface area contributed by atoms with Crippen molar-refractivity contribution in [2.45, 2.75) is 34.1 Å². The number of hydrogen-bond acceptors (Lipinski definition) is 1. The smallest absolute Gasteiger partial charge is 0.0317 e. The SMILES string of the molecule is C\C=C/C=C\C1=C\C(N)=C\C=C(\c2ccccc2)C(C)C1(C)CC. The van der Waals surface area contributed by atoms with Crippen LogP contribution >= 0.6 is 0 Å². The van der Waals surface area contributed by atoms with Crippen molar-refractivity contribution in [1.82, 2.24) is 0 Å². The molecule has 2 unspecified atom stereocenters. The second kappa shape index (κ2) is 8.01. The molecule has 0 saturated heterocycles. The van der Waals surface area contributed by atoms with E-state index in [9.17, 15) is 0 Å². The van der Waals surface area contributed by atoms with Gasteiger partial charge in [-0.3, -0.25) is 0 Å². The van der Waals surface area contributed by atoms with Gasteiger partial charge >= 0.3 is 0 Å². The second-order valence-corrected chi connectivity index (χ2v) is 6.63. The molecule has 0 heterocycles. The van der Waals surface area contributed by atoms with Crippen molar-refractivity contribution in [3.05, 3.63) is 89.7 Å². The molecule has 1 aromatic rings. The summed E-state index contributed by atoms with van der Waals surface area (Å²) in [6.45, 7) is 8.97. The molecule has 2 atom stereocenters. The minimum atomic E-state index is 0.0264. The molecule has 1 heteroatoms. The molecule has 0 spiro atoms. The lowest BCUT2D eigenvalue weighted by Crippen LogP contribution is -2.28. The Labute approximate surface area is 147 Å². The van der Waals surface area contributed by atoms with E-state index < -0.39 is 0 Å². The van der Waals surface area contributed by atoms with Crippen molar-refractivity contribution in [3.8, 4) is 0 Å². The van der Waals surface area contributed by atoms with E-state index in [1.54, 1.807) is 0 Å². The fourth-order valence-corrected chi connectivity index (χ4v) is 3.31. The van der Waals surface area contributed by atoms with Crippen LogP contribution in [0.5, 0.6) is 0 Å². The van der Waals surface area contributed by atoms with Gasteiger partial charge in [-0.2, -0.15) is 0 Å². The quantitative estimate of drug-likeness (QED) is 0.673. The Morgan fingerprint density at radius 3 is 2.46 bits per heavy atom. The van der Waals surface area contributed by atoms with Gasteiger partial charge in [0.2, 0.25) is 0 Å². The summed E-state index contributed by atoms with van der Waals surface area (Å²) in [5.41, 5.74) is 11.0. The summed E-state index contributed by atoms with van der Waals surface area (Å²) in [7, 11) is 0. The molecule has 2 N–H and O–H groups in total. The average molecular weight is 319 g/mol. The number of rotatable bonds is 4. The number of nitrogens with two attached hydrogens (primary N) is 1. The molecular formula is C23H29N. The van der Waals surface area contributed by atoms with Gasteiger partial charge in [-0.05, 0) is 53.5 Å². The monoisotopic (exact) mass is 319 g/mol. The molecule has 0 aliphatic heterocycles. The van der Waals surface area contributed by atoms with E-state index in [1.807, 2.05) is 19.1 Å². The molecule has 0 fully saturated rings. The Balaban J connectivity index is 2.57. The van der Waals surface area contributed by atoms with Gasteiger partial charge in [-0.15, -0.1) is 0 Å². The third-order valence-corrected chi connectivity index (χ3v) is 5.28. The molecule has 0 bridgehead atoms. The van der Waals surface area contributed by atoms with Crippen LogP contribution in [0.25, 0.3) is 5.57 Å². The molecule has 1 nitrogen and oxygen atoms in total. The lowest BCUT2D eigenvalue weighted by molar-refractivity contribution is 0.309. The highest BCUT2D eigenvalue weighted by molar-refractivity contribution is 5.71. The molecular weight excluding hydrogens is 290 g/mol. The highest BCUT2D eigenvalue weighted by atomic mass is 14.6. The van der Waals surface area contributed by atoms with Crippen LogP contribution in [0.1, 0.15) is 39.7 Å². The van der Waals surface area contributed by atoms with Crippen LogP contribution in [0.3, 0.4) is 0 Å². The lowest BCUT2D eigenvalue weighted by atomic mass is 9.65. The van der Waals surface area contributed by atoms with Gasteiger partial charge in [0.1, 0.15) is 0 Å². The van der Waals surface area contributed by atoms with Crippen molar-refractivity contribution in [3.63, 3.8) is 0 Å². The van der Waals surface area contributed by atoms with Crippen LogP contribution in [-0.2, 0) is 0 Å². The van der Waals surface area contributed by atoms with Crippen molar-refractivity contribution in [2.75, 3.05) is 0 Å². The zero-order valence-electron chi connectivity index (χ0n) is 15.3. The Kier molecular flexibility index (Phi) is 6.03. The molecule has 24 heavy (non-hydrogen) atoms. The number of benzene rings is 1. The van der Waals surface area contributed by atoms with E-state index in [2.05, 4.69) is 81.5 Å². The maximum atomic E-state index is 6.25. The normalized spacial score (nSPS) is 31.7. The van der Waals surface area contributed by atoms with Crippen LogP contribution in [0.15, 0.2) is 84.1 Å². The van der Waals surface area contributed by atoms with E-state index in [0.29, 0.717) is 5.92 Å². The molecule has 126 valence electrons. The Bertz CT molecular complexity index is 701. The van der Waals surface area contributed by atoms with Crippen molar-refractivity contribution >= 4 is 5.57 Å². The zero-order valence-corrected chi connectivity index (χ0v) is 15.3. The van der Waals surface area contributed by atoms with Gasteiger partial charge in [-0.1, -0.05) is 81.5 Å². The van der Waals surface area contributed by atoms with Crippen LogP contribution < -0.4 is 5.73 Å². The average Bonchev–Trinajstić information content (AvgIpc) is 2.60. The summed E-state index contributed by atoms with van der Waals surface area (Å²) in [6, 6.07) is 10.6. The molecule has 0 aromatic heterocycles. The topological polar surface area (TPSA) is 26.0 Å². The van der Waals surface area contributed by atoms with Gasteiger partial charge in [-0.25, -0.2) is 0 Å². The second-order valence-electron chi connectivity index (χ2n) is 6.63. The van der Waals surface area contributed by atoms with E-state index >= 15 is 0 Å². The number of hydrogen-bond donors (Lipinski definition) is 1. The summed E-state index contributed by atoms with van der Waals surface area (Å²) in [5.74, 6) is 0.385. The van der Waals surface area contributed by atoms with Crippen molar-refractivity contribution < 1.29 is 0 Å². The standard InChI is InChI=1S/C23H29N/c1-5-7-9-14-20-17-21(24)15-16-22(18(3)23(20,4)6-2)19-12-10-8-11-13-19/h5,7-18H,6,24H2,1-4H3/b7-5-,14-9-,20-17-,21-15-,22-16+. The fourth-order valence-electron chi connectivity index (χ4n) is 3.31. The van der Waals surface area contributed by atoms with E-state index in [-0.39, 0.29) is 5.41 Å². The first-order valence-corrected chi connectivity index (χ1v) is 8.77. The highest BCUT2D eigenvalue weighted by Gasteiger charge is 2.35. The molecule has 1 aliphatic rings. The first-order chi connectivity index (χ1) is 11.5.